The van der Waals surface area contributed by atoms with E-state index in [-0.39, 0.29) is 23.9 Å². The molecule has 2 heterocycles. The lowest BCUT2D eigenvalue weighted by Crippen LogP contribution is -2.43. The first-order valence-electron chi connectivity index (χ1n) is 9.67. The number of fused-ring (bicyclic) bond motifs is 1. The van der Waals surface area contributed by atoms with Crippen LogP contribution in [0.2, 0.25) is 0 Å². The number of hydrogen-bond acceptors (Lipinski definition) is 4. The van der Waals surface area contributed by atoms with Crippen molar-refractivity contribution in [2.45, 2.75) is 31.3 Å². The molecule has 0 spiro atoms. The van der Waals surface area contributed by atoms with Crippen LogP contribution in [0.3, 0.4) is 0 Å². The van der Waals surface area contributed by atoms with Gasteiger partial charge < -0.3 is 4.74 Å². The molecular formula is C22H22N4O2. The fraction of sp³-hybridized carbons (Fsp3) is 0.318. The van der Waals surface area contributed by atoms with Gasteiger partial charge in [-0.25, -0.2) is 4.68 Å². The second kappa shape index (κ2) is 6.78. The largest absolute Gasteiger partial charge is 0.497 e. The Kier molecular flexibility index (Phi) is 4.11. The molecule has 1 aliphatic carbocycles. The van der Waals surface area contributed by atoms with Crippen LogP contribution in [0.4, 0.5) is 5.95 Å². The second-order valence-electron chi connectivity index (χ2n) is 7.44. The Balaban J connectivity index is 1.61. The Bertz CT molecular complexity index is 979. The summed E-state index contributed by atoms with van der Waals surface area (Å²) in [7, 11) is 1.66. The predicted octanol–water partition coefficient (Wildman–Crippen LogP) is 3.76. The van der Waals surface area contributed by atoms with Crippen molar-refractivity contribution >= 4 is 11.9 Å². The molecule has 1 saturated carbocycles. The van der Waals surface area contributed by atoms with Gasteiger partial charge in [0.1, 0.15) is 12.1 Å². The van der Waals surface area contributed by atoms with Gasteiger partial charge in [0.2, 0.25) is 11.9 Å². The molecule has 0 unspecified atom stereocenters. The van der Waals surface area contributed by atoms with Gasteiger partial charge in [-0.1, -0.05) is 42.5 Å². The van der Waals surface area contributed by atoms with Crippen LogP contribution in [0.25, 0.3) is 0 Å². The van der Waals surface area contributed by atoms with Gasteiger partial charge in [-0.05, 0) is 42.5 Å². The normalized spacial score (nSPS) is 21.2. The molecule has 1 aliphatic heterocycles. The minimum Gasteiger partial charge on any atom is -0.497 e. The van der Waals surface area contributed by atoms with Crippen molar-refractivity contribution in [1.29, 1.82) is 0 Å². The molecule has 6 nitrogen and oxygen atoms in total. The highest BCUT2D eigenvalue weighted by atomic mass is 16.5. The predicted molar refractivity (Wildman–Crippen MR) is 105 cm³/mol. The molecule has 0 N–H and O–H groups in total. The Morgan fingerprint density at radius 1 is 1.00 bits per heavy atom. The Morgan fingerprint density at radius 3 is 2.39 bits per heavy atom. The lowest BCUT2D eigenvalue weighted by Gasteiger charge is -2.39. The average molecular weight is 374 g/mol. The number of hydrogen-bond donors (Lipinski definition) is 0. The second-order valence-corrected chi connectivity index (χ2v) is 7.44. The quantitative estimate of drug-likeness (QED) is 0.698. The monoisotopic (exact) mass is 374 g/mol. The first kappa shape index (κ1) is 17.0. The van der Waals surface area contributed by atoms with Gasteiger partial charge in [-0.15, -0.1) is 0 Å². The molecule has 142 valence electrons. The zero-order valence-electron chi connectivity index (χ0n) is 15.7. The average Bonchev–Trinajstić information content (AvgIpc) is 3.49. The minimum absolute atomic E-state index is 0.0362. The molecule has 3 aromatic rings. The molecule has 0 radical (unpaired) electrons. The van der Waals surface area contributed by atoms with Crippen LogP contribution in [0.15, 0.2) is 60.9 Å². The van der Waals surface area contributed by atoms with E-state index in [1.165, 1.54) is 5.56 Å². The van der Waals surface area contributed by atoms with E-state index in [1.54, 1.807) is 13.4 Å². The summed E-state index contributed by atoms with van der Waals surface area (Å²) in [6, 6.07) is 18.3. The lowest BCUT2D eigenvalue weighted by atomic mass is 9.91. The van der Waals surface area contributed by atoms with Crippen molar-refractivity contribution in [3.8, 4) is 5.75 Å². The summed E-state index contributed by atoms with van der Waals surface area (Å²) >= 11 is 0. The van der Waals surface area contributed by atoms with Gasteiger partial charge in [-0.3, -0.25) is 9.69 Å². The summed E-state index contributed by atoms with van der Waals surface area (Å²) in [4.78, 5) is 19.5. The van der Waals surface area contributed by atoms with Crippen molar-refractivity contribution < 1.29 is 9.53 Å². The molecule has 2 aliphatic rings. The number of benzene rings is 2. The highest BCUT2D eigenvalue weighted by molar-refractivity contribution is 5.96. The maximum Gasteiger partial charge on any atom is 0.233 e. The maximum absolute atomic E-state index is 13.2. The number of methoxy groups -OCH3 is 1. The third kappa shape index (κ3) is 2.85. The van der Waals surface area contributed by atoms with E-state index in [2.05, 4.69) is 22.2 Å². The van der Waals surface area contributed by atoms with Gasteiger partial charge >= 0.3 is 0 Å². The van der Waals surface area contributed by atoms with Crippen LogP contribution < -0.4 is 9.64 Å². The van der Waals surface area contributed by atoms with Crippen LogP contribution in [0, 0.1) is 5.92 Å². The number of aromatic nitrogens is 3. The van der Waals surface area contributed by atoms with E-state index in [0.29, 0.717) is 5.95 Å². The fourth-order valence-corrected chi connectivity index (χ4v) is 4.04. The topological polar surface area (TPSA) is 60.2 Å². The van der Waals surface area contributed by atoms with Gasteiger partial charge in [0, 0.05) is 5.92 Å². The van der Waals surface area contributed by atoms with Gasteiger partial charge in [0.15, 0.2) is 0 Å². The SMILES string of the molecule is COc1ccc([C@@H]2C[C@H](c3ccccc3)n3ncnc3N2C(=O)C2CC2)cc1. The summed E-state index contributed by atoms with van der Waals surface area (Å²) in [5.41, 5.74) is 2.26. The van der Waals surface area contributed by atoms with Crippen molar-refractivity contribution in [1.82, 2.24) is 14.8 Å². The van der Waals surface area contributed by atoms with E-state index in [9.17, 15) is 4.79 Å². The van der Waals surface area contributed by atoms with E-state index in [1.807, 2.05) is 52.0 Å². The van der Waals surface area contributed by atoms with E-state index in [0.717, 1.165) is 30.6 Å². The molecule has 2 aromatic carbocycles. The molecule has 28 heavy (non-hydrogen) atoms. The fourth-order valence-electron chi connectivity index (χ4n) is 4.04. The number of ether oxygens (including phenoxy) is 1. The van der Waals surface area contributed by atoms with Gasteiger partial charge in [0.05, 0.1) is 19.2 Å². The van der Waals surface area contributed by atoms with E-state index >= 15 is 0 Å². The highest BCUT2D eigenvalue weighted by Crippen LogP contribution is 2.44. The number of amides is 1. The van der Waals surface area contributed by atoms with Crippen LogP contribution in [-0.2, 0) is 4.79 Å². The van der Waals surface area contributed by atoms with Crippen molar-refractivity contribution in [3.05, 3.63) is 72.1 Å². The molecule has 0 bridgehead atoms. The molecule has 1 fully saturated rings. The van der Waals surface area contributed by atoms with Crippen LogP contribution in [0.5, 0.6) is 5.75 Å². The lowest BCUT2D eigenvalue weighted by molar-refractivity contribution is -0.120. The molecule has 1 aromatic heterocycles. The number of carbonyl (C=O) groups excluding carboxylic acids is 1. The summed E-state index contributed by atoms with van der Waals surface area (Å²) in [6.45, 7) is 0. The minimum atomic E-state index is -0.0825. The number of carbonyl (C=O) groups is 1. The van der Waals surface area contributed by atoms with E-state index < -0.39 is 0 Å². The van der Waals surface area contributed by atoms with Crippen LogP contribution in [-0.4, -0.2) is 27.8 Å². The number of nitrogens with zero attached hydrogens (tertiary/aromatic N) is 4. The summed E-state index contributed by atoms with van der Waals surface area (Å²) in [6.07, 6.45) is 4.22. The molecule has 0 saturated heterocycles. The standard InChI is InChI=1S/C22H22N4O2/c1-28-18-11-9-16(10-12-18)19-13-20(15-5-3-2-4-6-15)26-22(23-14-24-26)25(19)21(27)17-7-8-17/h2-6,9-12,14,17,19-20H,7-8,13H2,1H3/t19-,20+/m0/s1. The van der Waals surface area contributed by atoms with Crippen LogP contribution in [0.1, 0.15) is 42.5 Å². The Hall–Kier alpha value is -3.15. The van der Waals surface area contributed by atoms with Crippen molar-refractivity contribution in [3.63, 3.8) is 0 Å². The smallest absolute Gasteiger partial charge is 0.233 e. The molecule has 6 heteroatoms. The molecule has 2 atom stereocenters. The molecular weight excluding hydrogens is 352 g/mol. The molecule has 1 amide bonds. The van der Waals surface area contributed by atoms with Crippen molar-refractivity contribution in [2.75, 3.05) is 12.0 Å². The first-order chi connectivity index (χ1) is 13.8. The summed E-state index contributed by atoms with van der Waals surface area (Å²) < 4.78 is 7.20. The number of rotatable bonds is 4. The maximum atomic E-state index is 13.2. The molecule has 5 rings (SSSR count). The van der Waals surface area contributed by atoms with Gasteiger partial charge in [0.25, 0.3) is 0 Å². The van der Waals surface area contributed by atoms with E-state index in [4.69, 9.17) is 4.74 Å². The summed E-state index contributed by atoms with van der Waals surface area (Å²) in [5.74, 6) is 1.71. The first-order valence-corrected chi connectivity index (χ1v) is 9.67. The zero-order valence-corrected chi connectivity index (χ0v) is 15.7. The zero-order chi connectivity index (χ0) is 19.1. The Labute approximate surface area is 163 Å². The van der Waals surface area contributed by atoms with Crippen molar-refractivity contribution in [2.24, 2.45) is 5.92 Å². The Morgan fingerprint density at radius 2 is 1.71 bits per heavy atom. The number of anilines is 1. The van der Waals surface area contributed by atoms with Crippen LogP contribution >= 0.6 is 0 Å². The highest BCUT2D eigenvalue weighted by Gasteiger charge is 2.44. The third-order valence-corrected chi connectivity index (χ3v) is 5.67. The summed E-state index contributed by atoms with van der Waals surface area (Å²) in [5, 5.41) is 4.47. The third-order valence-electron chi connectivity index (χ3n) is 5.67. The van der Waals surface area contributed by atoms with Gasteiger partial charge in [-0.2, -0.15) is 10.1 Å².